The van der Waals surface area contributed by atoms with E-state index < -0.39 is 0 Å². The average molecular weight is 219 g/mol. The van der Waals surface area contributed by atoms with Crippen molar-refractivity contribution in [2.24, 2.45) is 0 Å². The van der Waals surface area contributed by atoms with E-state index in [1.807, 2.05) is 27.8 Å². The molecule has 0 saturated heterocycles. The van der Waals surface area contributed by atoms with Crippen molar-refractivity contribution in [1.29, 1.82) is 0 Å². The molecule has 0 bridgehead atoms. The molecule has 0 amide bonds. The predicted molar refractivity (Wildman–Crippen MR) is 67.4 cm³/mol. The minimum Gasteiger partial charge on any atom is -0.466 e. The summed E-state index contributed by atoms with van der Waals surface area (Å²) in [5.74, 6) is 8.09. The van der Waals surface area contributed by atoms with Crippen molar-refractivity contribution in [2.75, 3.05) is 7.05 Å². The van der Waals surface area contributed by atoms with Gasteiger partial charge in [-0.15, -0.1) is 11.8 Å². The highest BCUT2D eigenvalue weighted by molar-refractivity contribution is 5.34. The van der Waals surface area contributed by atoms with Crippen molar-refractivity contribution in [2.45, 2.75) is 46.6 Å². The topological polar surface area (TPSA) is 25.2 Å². The molecular formula is C14H21NO. The van der Waals surface area contributed by atoms with Gasteiger partial charge in [-0.25, -0.2) is 0 Å². The molecule has 2 nitrogen and oxygen atoms in total. The maximum atomic E-state index is 5.66. The summed E-state index contributed by atoms with van der Waals surface area (Å²) in [4.78, 5) is 0. The van der Waals surface area contributed by atoms with Crippen LogP contribution in [0.3, 0.4) is 0 Å². The molecule has 1 heterocycles. The fourth-order valence-corrected chi connectivity index (χ4v) is 2.10. The average Bonchev–Trinajstić information content (AvgIpc) is 2.50. The van der Waals surface area contributed by atoms with E-state index in [0.29, 0.717) is 6.04 Å². The maximum Gasteiger partial charge on any atom is 0.106 e. The minimum atomic E-state index is 0.346. The van der Waals surface area contributed by atoms with Gasteiger partial charge in [-0.2, -0.15) is 0 Å². The van der Waals surface area contributed by atoms with Crippen LogP contribution in [0.15, 0.2) is 4.42 Å². The molecule has 0 spiro atoms. The molecule has 1 unspecified atom stereocenters. The second-order valence-corrected chi connectivity index (χ2v) is 4.06. The van der Waals surface area contributed by atoms with Crippen molar-refractivity contribution in [3.63, 3.8) is 0 Å². The summed E-state index contributed by atoms with van der Waals surface area (Å²) in [5, 5.41) is 3.34. The summed E-state index contributed by atoms with van der Waals surface area (Å²) in [6, 6.07) is 0.346. The Hall–Kier alpha value is -1.20. The van der Waals surface area contributed by atoms with Gasteiger partial charge in [0.2, 0.25) is 0 Å². The third-order valence-electron chi connectivity index (χ3n) is 3.05. The highest BCUT2D eigenvalue weighted by Crippen LogP contribution is 2.29. The standard InChI is InChI=1S/C14H21NO/c1-6-7-8-9-13(15-5)14-10(2)11(3)16-12(14)4/h13,15H,8-9H2,1-5H3. The number of furan rings is 1. The van der Waals surface area contributed by atoms with E-state index in [1.54, 1.807) is 0 Å². The molecule has 88 valence electrons. The van der Waals surface area contributed by atoms with Gasteiger partial charge < -0.3 is 9.73 Å². The number of hydrogen-bond acceptors (Lipinski definition) is 2. The van der Waals surface area contributed by atoms with Crippen molar-refractivity contribution in [1.82, 2.24) is 5.32 Å². The Morgan fingerprint density at radius 3 is 2.38 bits per heavy atom. The monoisotopic (exact) mass is 219 g/mol. The molecular weight excluding hydrogens is 198 g/mol. The van der Waals surface area contributed by atoms with Crippen LogP contribution in [-0.4, -0.2) is 7.05 Å². The van der Waals surface area contributed by atoms with Crippen LogP contribution in [0.25, 0.3) is 0 Å². The largest absolute Gasteiger partial charge is 0.466 e. The minimum absolute atomic E-state index is 0.346. The normalized spacial score (nSPS) is 12.1. The van der Waals surface area contributed by atoms with Crippen LogP contribution in [-0.2, 0) is 0 Å². The summed E-state index contributed by atoms with van der Waals surface area (Å²) in [7, 11) is 1.99. The molecule has 0 saturated carbocycles. The van der Waals surface area contributed by atoms with E-state index in [-0.39, 0.29) is 0 Å². The van der Waals surface area contributed by atoms with Gasteiger partial charge in [-0.3, -0.25) is 0 Å². The lowest BCUT2D eigenvalue weighted by atomic mass is 9.98. The zero-order valence-electron chi connectivity index (χ0n) is 10.9. The summed E-state index contributed by atoms with van der Waals surface area (Å²) < 4.78 is 5.66. The van der Waals surface area contributed by atoms with E-state index in [1.165, 1.54) is 11.1 Å². The zero-order chi connectivity index (χ0) is 12.1. The third-order valence-corrected chi connectivity index (χ3v) is 3.05. The Morgan fingerprint density at radius 1 is 1.25 bits per heavy atom. The Kier molecular flexibility index (Phi) is 4.64. The summed E-state index contributed by atoms with van der Waals surface area (Å²) in [6.45, 7) is 8.06. The molecule has 0 aliphatic rings. The molecule has 0 radical (unpaired) electrons. The van der Waals surface area contributed by atoms with Crippen LogP contribution in [0.2, 0.25) is 0 Å². The van der Waals surface area contributed by atoms with Crippen molar-refractivity contribution in [3.05, 3.63) is 22.6 Å². The highest BCUT2D eigenvalue weighted by Gasteiger charge is 2.18. The van der Waals surface area contributed by atoms with Gasteiger partial charge >= 0.3 is 0 Å². The van der Waals surface area contributed by atoms with Crippen LogP contribution in [0.1, 0.15) is 48.5 Å². The van der Waals surface area contributed by atoms with E-state index >= 15 is 0 Å². The van der Waals surface area contributed by atoms with E-state index in [2.05, 4.69) is 24.1 Å². The fourth-order valence-electron chi connectivity index (χ4n) is 2.10. The molecule has 1 N–H and O–H groups in total. The Morgan fingerprint density at radius 2 is 1.94 bits per heavy atom. The molecule has 1 aromatic heterocycles. The van der Waals surface area contributed by atoms with Crippen LogP contribution in [0.5, 0.6) is 0 Å². The Labute approximate surface area is 98.4 Å². The third kappa shape index (κ3) is 2.68. The van der Waals surface area contributed by atoms with Gasteiger partial charge in [0.1, 0.15) is 11.5 Å². The quantitative estimate of drug-likeness (QED) is 0.786. The predicted octanol–water partition coefficient (Wildman–Crippen LogP) is 3.27. The first-order valence-corrected chi connectivity index (χ1v) is 5.75. The highest BCUT2D eigenvalue weighted by atomic mass is 16.3. The maximum absolute atomic E-state index is 5.66. The van der Waals surface area contributed by atoms with Crippen LogP contribution >= 0.6 is 0 Å². The molecule has 0 aliphatic carbocycles. The summed E-state index contributed by atoms with van der Waals surface area (Å²) in [6.07, 6.45) is 1.95. The van der Waals surface area contributed by atoms with Gasteiger partial charge in [0.15, 0.2) is 0 Å². The second-order valence-electron chi connectivity index (χ2n) is 4.06. The van der Waals surface area contributed by atoms with E-state index in [4.69, 9.17) is 4.42 Å². The number of rotatable bonds is 4. The van der Waals surface area contributed by atoms with Gasteiger partial charge in [-0.05, 0) is 46.7 Å². The lowest BCUT2D eigenvalue weighted by Crippen LogP contribution is -2.17. The summed E-state index contributed by atoms with van der Waals surface area (Å²) >= 11 is 0. The molecule has 1 atom stereocenters. The van der Waals surface area contributed by atoms with E-state index in [9.17, 15) is 0 Å². The summed E-state index contributed by atoms with van der Waals surface area (Å²) in [5.41, 5.74) is 2.57. The van der Waals surface area contributed by atoms with Crippen molar-refractivity contribution >= 4 is 0 Å². The number of hydrogen-bond donors (Lipinski definition) is 1. The molecule has 1 rings (SSSR count). The van der Waals surface area contributed by atoms with Crippen LogP contribution in [0.4, 0.5) is 0 Å². The Bertz CT molecular complexity index is 406. The van der Waals surface area contributed by atoms with E-state index in [0.717, 1.165) is 24.4 Å². The SMILES string of the molecule is CC#CCCC(NC)c1c(C)oc(C)c1C. The first-order valence-electron chi connectivity index (χ1n) is 5.75. The molecule has 16 heavy (non-hydrogen) atoms. The first-order chi connectivity index (χ1) is 7.61. The van der Waals surface area contributed by atoms with Crippen molar-refractivity contribution in [3.8, 4) is 11.8 Å². The second kappa shape index (κ2) is 5.77. The van der Waals surface area contributed by atoms with Crippen LogP contribution < -0.4 is 5.32 Å². The Balaban J connectivity index is 2.88. The number of nitrogens with one attached hydrogen (secondary N) is 1. The van der Waals surface area contributed by atoms with Crippen LogP contribution in [0, 0.1) is 32.6 Å². The van der Waals surface area contributed by atoms with Gasteiger partial charge in [0.25, 0.3) is 0 Å². The lowest BCUT2D eigenvalue weighted by molar-refractivity contribution is 0.485. The van der Waals surface area contributed by atoms with Gasteiger partial charge in [0, 0.05) is 18.0 Å². The molecule has 0 aliphatic heterocycles. The van der Waals surface area contributed by atoms with Gasteiger partial charge in [0.05, 0.1) is 0 Å². The lowest BCUT2D eigenvalue weighted by Gasteiger charge is -2.15. The molecule has 1 aromatic rings. The van der Waals surface area contributed by atoms with Gasteiger partial charge in [-0.1, -0.05) is 0 Å². The molecule has 0 aromatic carbocycles. The molecule has 0 fully saturated rings. The first kappa shape index (κ1) is 12.9. The fraction of sp³-hybridized carbons (Fsp3) is 0.571. The smallest absolute Gasteiger partial charge is 0.106 e. The zero-order valence-corrected chi connectivity index (χ0v) is 10.9. The van der Waals surface area contributed by atoms with Crippen molar-refractivity contribution < 1.29 is 4.42 Å². The molecule has 2 heteroatoms. The number of aryl methyl sites for hydroxylation is 2.